The number of nitrogen functional groups attached to an aromatic ring is 1. The predicted octanol–water partition coefficient (Wildman–Crippen LogP) is 4.66. The summed E-state index contributed by atoms with van der Waals surface area (Å²) in [5.41, 5.74) is 7.15. The monoisotopic (exact) mass is 494 g/mol. The SMILES string of the molecule is Nc1nc(Nc2ccc(C(=O)NCCc3ccc(O)cc3)cc2)sc1C(=O)c1c(F)cccc1F. The number of carbonyl (C=O) groups is 2. The van der Waals surface area contributed by atoms with E-state index in [9.17, 15) is 23.5 Å². The number of anilines is 3. The van der Waals surface area contributed by atoms with Crippen LogP contribution in [0.3, 0.4) is 0 Å². The zero-order valence-corrected chi connectivity index (χ0v) is 19.0. The molecule has 0 spiro atoms. The fraction of sp³-hybridized carbons (Fsp3) is 0.0800. The number of thiazole rings is 1. The Labute approximate surface area is 203 Å². The fourth-order valence-corrected chi connectivity index (χ4v) is 4.14. The van der Waals surface area contributed by atoms with Crippen LogP contribution in [0.25, 0.3) is 0 Å². The largest absolute Gasteiger partial charge is 0.508 e. The number of nitrogens with two attached hydrogens (primary N) is 1. The highest BCUT2D eigenvalue weighted by molar-refractivity contribution is 7.18. The van der Waals surface area contributed by atoms with Crippen molar-refractivity contribution in [3.63, 3.8) is 0 Å². The highest BCUT2D eigenvalue weighted by Gasteiger charge is 2.24. The second kappa shape index (κ2) is 10.3. The molecule has 0 radical (unpaired) electrons. The van der Waals surface area contributed by atoms with Crippen molar-refractivity contribution in [1.82, 2.24) is 10.3 Å². The number of hydrogen-bond acceptors (Lipinski definition) is 7. The second-order valence-corrected chi connectivity index (χ2v) is 8.53. The lowest BCUT2D eigenvalue weighted by Crippen LogP contribution is -2.25. The van der Waals surface area contributed by atoms with Gasteiger partial charge in [0.2, 0.25) is 5.78 Å². The second-order valence-electron chi connectivity index (χ2n) is 7.53. The smallest absolute Gasteiger partial charge is 0.251 e. The Morgan fingerprint density at radius 3 is 2.29 bits per heavy atom. The van der Waals surface area contributed by atoms with Crippen LogP contribution in [0.2, 0.25) is 0 Å². The molecule has 0 saturated carbocycles. The Hall–Kier alpha value is -4.31. The molecule has 10 heteroatoms. The van der Waals surface area contributed by atoms with Crippen LogP contribution in [-0.2, 0) is 6.42 Å². The van der Waals surface area contributed by atoms with Gasteiger partial charge in [-0.1, -0.05) is 29.5 Å². The van der Waals surface area contributed by atoms with Gasteiger partial charge in [-0.05, 0) is 60.5 Å². The number of aromatic hydroxyl groups is 1. The maximum atomic E-state index is 14.0. The lowest BCUT2D eigenvalue weighted by molar-refractivity contribution is 0.0953. The van der Waals surface area contributed by atoms with Gasteiger partial charge in [0.25, 0.3) is 5.91 Å². The summed E-state index contributed by atoms with van der Waals surface area (Å²) < 4.78 is 28.0. The maximum absolute atomic E-state index is 14.0. The van der Waals surface area contributed by atoms with E-state index >= 15 is 0 Å². The molecule has 7 nitrogen and oxygen atoms in total. The van der Waals surface area contributed by atoms with Crippen LogP contribution in [-0.4, -0.2) is 28.3 Å². The molecule has 0 saturated heterocycles. The van der Waals surface area contributed by atoms with Gasteiger partial charge in [0.1, 0.15) is 28.1 Å². The van der Waals surface area contributed by atoms with Gasteiger partial charge in [0, 0.05) is 17.8 Å². The number of carbonyl (C=O) groups excluding carboxylic acids is 2. The van der Waals surface area contributed by atoms with Crippen LogP contribution in [0.4, 0.5) is 25.4 Å². The zero-order valence-electron chi connectivity index (χ0n) is 18.2. The average Bonchev–Trinajstić information content (AvgIpc) is 3.20. The first-order valence-electron chi connectivity index (χ1n) is 10.5. The number of benzene rings is 3. The van der Waals surface area contributed by atoms with E-state index in [0.717, 1.165) is 29.0 Å². The van der Waals surface area contributed by atoms with E-state index in [1.54, 1.807) is 48.5 Å². The van der Waals surface area contributed by atoms with Crippen molar-refractivity contribution in [3.05, 3.63) is 99.9 Å². The summed E-state index contributed by atoms with van der Waals surface area (Å²) in [5.74, 6) is -3.04. The molecule has 35 heavy (non-hydrogen) atoms. The Morgan fingerprint density at radius 1 is 0.971 bits per heavy atom. The molecule has 0 fully saturated rings. The van der Waals surface area contributed by atoms with E-state index in [-0.39, 0.29) is 27.5 Å². The molecule has 0 aliphatic carbocycles. The third-order valence-electron chi connectivity index (χ3n) is 5.08. The number of amides is 1. The quantitative estimate of drug-likeness (QED) is 0.265. The summed E-state index contributed by atoms with van der Waals surface area (Å²) in [7, 11) is 0. The number of phenols is 1. The van der Waals surface area contributed by atoms with E-state index in [4.69, 9.17) is 5.73 Å². The number of nitrogens with zero attached hydrogens (tertiary/aromatic N) is 1. The maximum Gasteiger partial charge on any atom is 0.251 e. The first kappa shape index (κ1) is 23.8. The molecule has 0 unspecified atom stereocenters. The highest BCUT2D eigenvalue weighted by atomic mass is 32.1. The minimum absolute atomic E-state index is 0.0823. The van der Waals surface area contributed by atoms with Crippen molar-refractivity contribution >= 4 is 39.7 Å². The predicted molar refractivity (Wildman–Crippen MR) is 130 cm³/mol. The normalized spacial score (nSPS) is 10.7. The highest BCUT2D eigenvalue weighted by Crippen LogP contribution is 2.31. The summed E-state index contributed by atoms with van der Waals surface area (Å²) in [6, 6.07) is 16.5. The van der Waals surface area contributed by atoms with Gasteiger partial charge in [0.05, 0.1) is 5.56 Å². The van der Waals surface area contributed by atoms with E-state index in [1.807, 2.05) is 0 Å². The summed E-state index contributed by atoms with van der Waals surface area (Å²) in [6.07, 6.45) is 0.620. The third kappa shape index (κ3) is 5.61. The van der Waals surface area contributed by atoms with E-state index < -0.39 is 23.0 Å². The molecule has 0 aliphatic rings. The molecule has 3 aromatic carbocycles. The lowest BCUT2D eigenvalue weighted by Gasteiger charge is -2.07. The first-order chi connectivity index (χ1) is 16.8. The van der Waals surface area contributed by atoms with E-state index in [2.05, 4.69) is 15.6 Å². The number of halogens is 2. The lowest BCUT2D eigenvalue weighted by atomic mass is 10.1. The van der Waals surface area contributed by atoms with Gasteiger partial charge in [0.15, 0.2) is 5.13 Å². The molecule has 5 N–H and O–H groups in total. The summed E-state index contributed by atoms with van der Waals surface area (Å²) >= 11 is 0.870. The van der Waals surface area contributed by atoms with Crippen molar-refractivity contribution in [3.8, 4) is 5.75 Å². The van der Waals surface area contributed by atoms with Crippen molar-refractivity contribution in [1.29, 1.82) is 0 Å². The Kier molecular flexibility index (Phi) is 7.02. The number of nitrogens with one attached hydrogen (secondary N) is 2. The topological polar surface area (TPSA) is 117 Å². The molecule has 1 amide bonds. The van der Waals surface area contributed by atoms with Crippen LogP contribution in [0, 0.1) is 11.6 Å². The zero-order chi connectivity index (χ0) is 24.9. The van der Waals surface area contributed by atoms with Gasteiger partial charge >= 0.3 is 0 Å². The molecule has 1 heterocycles. The Balaban J connectivity index is 1.37. The van der Waals surface area contributed by atoms with Gasteiger partial charge in [-0.2, -0.15) is 0 Å². The Morgan fingerprint density at radius 2 is 1.63 bits per heavy atom. The molecule has 0 bridgehead atoms. The van der Waals surface area contributed by atoms with Gasteiger partial charge in [-0.15, -0.1) is 0 Å². The number of ketones is 1. The van der Waals surface area contributed by atoms with Crippen molar-refractivity contribution in [2.75, 3.05) is 17.6 Å². The van der Waals surface area contributed by atoms with Crippen molar-refractivity contribution in [2.24, 2.45) is 0 Å². The first-order valence-corrected chi connectivity index (χ1v) is 11.3. The summed E-state index contributed by atoms with van der Waals surface area (Å²) in [6.45, 7) is 0.432. The van der Waals surface area contributed by atoms with Crippen LogP contribution in [0.5, 0.6) is 5.75 Å². The molecular weight excluding hydrogens is 474 g/mol. The van der Waals surface area contributed by atoms with E-state index in [1.165, 1.54) is 6.07 Å². The molecule has 4 rings (SSSR count). The molecule has 0 atom stereocenters. The van der Waals surface area contributed by atoms with E-state index in [0.29, 0.717) is 24.2 Å². The van der Waals surface area contributed by atoms with Gasteiger partial charge in [-0.25, -0.2) is 13.8 Å². The number of aromatic nitrogens is 1. The average molecular weight is 495 g/mol. The van der Waals surface area contributed by atoms with Gasteiger partial charge in [-0.3, -0.25) is 9.59 Å². The molecule has 178 valence electrons. The van der Waals surface area contributed by atoms with Gasteiger partial charge < -0.3 is 21.5 Å². The standard InChI is InChI=1S/C25H20F2N4O3S/c26-18-2-1-3-19(27)20(18)21(33)22-23(28)31-25(35-22)30-16-8-6-15(7-9-16)24(34)29-13-12-14-4-10-17(32)11-5-14/h1-11,32H,12-13,28H2,(H,29,34)(H,30,31). The fourth-order valence-electron chi connectivity index (χ4n) is 3.29. The summed E-state index contributed by atoms with van der Waals surface area (Å²) in [4.78, 5) is 29.0. The minimum atomic E-state index is -0.978. The molecule has 4 aromatic rings. The molecule has 0 aliphatic heterocycles. The number of phenolic OH excluding ortho intramolecular Hbond substituents is 1. The Bertz CT molecular complexity index is 1350. The third-order valence-corrected chi connectivity index (χ3v) is 6.07. The number of rotatable bonds is 8. The molecular formula is C25H20F2N4O3S. The molecule has 1 aromatic heterocycles. The minimum Gasteiger partial charge on any atom is -0.508 e. The van der Waals surface area contributed by atoms with Crippen LogP contribution >= 0.6 is 11.3 Å². The van der Waals surface area contributed by atoms with Crippen LogP contribution in [0.1, 0.15) is 31.2 Å². The van der Waals surface area contributed by atoms with Crippen LogP contribution in [0.15, 0.2) is 66.7 Å². The number of hydrogen-bond donors (Lipinski definition) is 4. The van der Waals surface area contributed by atoms with Crippen LogP contribution < -0.4 is 16.4 Å². The van der Waals surface area contributed by atoms with Crippen molar-refractivity contribution in [2.45, 2.75) is 6.42 Å². The summed E-state index contributed by atoms with van der Waals surface area (Å²) in [5, 5.41) is 15.4. The van der Waals surface area contributed by atoms with Crippen molar-refractivity contribution < 1.29 is 23.5 Å².